The minimum Gasteiger partial charge on any atom is -0.508 e. The third kappa shape index (κ3) is 1.91. The Hall–Kier alpha value is -2.06. The van der Waals surface area contributed by atoms with E-state index in [2.05, 4.69) is 0 Å². The van der Waals surface area contributed by atoms with Crippen molar-refractivity contribution in [2.24, 2.45) is 0 Å². The van der Waals surface area contributed by atoms with Gasteiger partial charge in [0.05, 0.1) is 0 Å². The van der Waals surface area contributed by atoms with Crippen molar-refractivity contribution in [1.82, 2.24) is 0 Å². The maximum atomic E-state index is 11.7. The molecule has 1 aliphatic rings. The second-order valence-electron chi connectivity index (χ2n) is 3.94. The Balaban J connectivity index is 2.16. The summed E-state index contributed by atoms with van der Waals surface area (Å²) in [7, 11) is -2.28. The van der Waals surface area contributed by atoms with Crippen LogP contribution in [0.3, 0.4) is 0 Å². The lowest BCUT2D eigenvalue weighted by Gasteiger charge is -2.11. The van der Waals surface area contributed by atoms with E-state index >= 15 is 0 Å². The first-order chi connectivity index (χ1) is 8.74. The second kappa shape index (κ2) is 4.31. The number of hydrogen-bond acceptors (Lipinski definition) is 4. The van der Waals surface area contributed by atoms with Gasteiger partial charge in [-0.05, 0) is 18.2 Å². The van der Waals surface area contributed by atoms with Crippen LogP contribution in [0, 0.1) is 0 Å². The minimum atomic E-state index is -2.28. The van der Waals surface area contributed by atoms with Gasteiger partial charge in [0.25, 0.3) is 0 Å². The molecule has 0 aromatic heterocycles. The molecule has 1 N–H and O–H groups in total. The highest BCUT2D eigenvalue weighted by Crippen LogP contribution is 2.41. The molecular weight excluding hydrogens is 251 g/mol. The van der Waals surface area contributed by atoms with Crippen molar-refractivity contribution in [3.05, 3.63) is 53.6 Å². The maximum Gasteiger partial charge on any atom is 0.805 e. The fourth-order valence-corrected chi connectivity index (χ4v) is 2.63. The molecule has 18 heavy (non-hydrogen) atoms. The predicted octanol–water partition coefficient (Wildman–Crippen LogP) is 3.41. The van der Waals surface area contributed by atoms with Crippen molar-refractivity contribution in [1.29, 1.82) is 0 Å². The van der Waals surface area contributed by atoms with Crippen molar-refractivity contribution >= 4 is 8.25 Å². The van der Waals surface area contributed by atoms with Gasteiger partial charge in [-0.25, -0.2) is 9.05 Å². The van der Waals surface area contributed by atoms with E-state index in [-0.39, 0.29) is 5.75 Å². The molecule has 3 rings (SSSR count). The van der Waals surface area contributed by atoms with E-state index in [9.17, 15) is 9.67 Å². The van der Waals surface area contributed by atoms with Crippen LogP contribution in [0.1, 0.15) is 11.1 Å². The average molecular weight is 261 g/mol. The van der Waals surface area contributed by atoms with Crippen molar-refractivity contribution in [3.63, 3.8) is 0 Å². The standard InChI is InChI=1S/C13H9O4P/c14-11-5-3-7-13-10(11)8-9-4-1-2-6-12(9)16-18(15)17-13/h1-7H,8H2/p+1. The Morgan fingerprint density at radius 2 is 1.72 bits per heavy atom. The first-order valence-electron chi connectivity index (χ1n) is 5.46. The second-order valence-corrected chi connectivity index (χ2v) is 4.76. The summed E-state index contributed by atoms with van der Waals surface area (Å²) in [6, 6.07) is 12.2. The highest BCUT2D eigenvalue weighted by Gasteiger charge is 2.31. The SMILES string of the molecule is O=[P+]1Oc2ccccc2Cc2c(O)cccc2O1. The van der Waals surface area contributed by atoms with Crippen LogP contribution < -0.4 is 9.05 Å². The molecule has 0 aliphatic carbocycles. The Bertz CT molecular complexity index is 624. The third-order valence-electron chi connectivity index (χ3n) is 2.79. The molecule has 0 fully saturated rings. The summed E-state index contributed by atoms with van der Waals surface area (Å²) >= 11 is 0. The van der Waals surface area contributed by atoms with Gasteiger partial charge < -0.3 is 5.11 Å². The minimum absolute atomic E-state index is 0.132. The highest BCUT2D eigenvalue weighted by molar-refractivity contribution is 7.34. The van der Waals surface area contributed by atoms with Crippen LogP contribution in [0.5, 0.6) is 17.2 Å². The largest absolute Gasteiger partial charge is 0.805 e. The molecule has 0 radical (unpaired) electrons. The summed E-state index contributed by atoms with van der Waals surface area (Å²) in [5, 5.41) is 9.87. The van der Waals surface area contributed by atoms with Crippen molar-refractivity contribution in [3.8, 4) is 17.2 Å². The number of benzene rings is 2. The lowest BCUT2D eigenvalue weighted by Crippen LogP contribution is -2.01. The number of para-hydroxylation sites is 1. The van der Waals surface area contributed by atoms with Gasteiger partial charge in [-0.2, -0.15) is 0 Å². The molecule has 0 saturated carbocycles. The molecule has 1 atom stereocenters. The molecule has 2 aromatic carbocycles. The zero-order valence-electron chi connectivity index (χ0n) is 9.37. The summed E-state index contributed by atoms with van der Waals surface area (Å²) in [6.45, 7) is 0. The Kier molecular flexibility index (Phi) is 2.65. The molecule has 1 aliphatic heterocycles. The average Bonchev–Trinajstić information content (AvgIpc) is 2.33. The lowest BCUT2D eigenvalue weighted by atomic mass is 10.0. The normalized spacial score (nSPS) is 15.4. The zero-order chi connectivity index (χ0) is 12.5. The van der Waals surface area contributed by atoms with Crippen LogP contribution >= 0.6 is 8.25 Å². The number of rotatable bonds is 0. The molecule has 0 saturated heterocycles. The quantitative estimate of drug-likeness (QED) is 0.738. The zero-order valence-corrected chi connectivity index (χ0v) is 10.3. The van der Waals surface area contributed by atoms with E-state index in [1.54, 1.807) is 30.3 Å². The lowest BCUT2D eigenvalue weighted by molar-refractivity contribution is 0.403. The molecule has 90 valence electrons. The van der Waals surface area contributed by atoms with Gasteiger partial charge in [0.1, 0.15) is 5.75 Å². The van der Waals surface area contributed by atoms with Crippen LogP contribution in [0.25, 0.3) is 0 Å². The van der Waals surface area contributed by atoms with Crippen LogP contribution in [0.2, 0.25) is 0 Å². The monoisotopic (exact) mass is 261 g/mol. The predicted molar refractivity (Wildman–Crippen MR) is 66.2 cm³/mol. The smallest absolute Gasteiger partial charge is 0.508 e. The summed E-state index contributed by atoms with van der Waals surface area (Å²) in [6.07, 6.45) is 0.474. The van der Waals surface area contributed by atoms with E-state index < -0.39 is 8.25 Å². The van der Waals surface area contributed by atoms with E-state index in [0.29, 0.717) is 23.5 Å². The first kappa shape index (κ1) is 11.1. The van der Waals surface area contributed by atoms with Crippen molar-refractivity contribution < 1.29 is 18.7 Å². The maximum absolute atomic E-state index is 11.7. The van der Waals surface area contributed by atoms with Gasteiger partial charge in [0.15, 0.2) is 11.5 Å². The summed E-state index contributed by atoms with van der Waals surface area (Å²) < 4.78 is 22.1. The van der Waals surface area contributed by atoms with Gasteiger partial charge in [0.2, 0.25) is 0 Å². The van der Waals surface area contributed by atoms with Gasteiger partial charge in [-0.1, -0.05) is 24.3 Å². The number of phenolic OH excluding ortho intramolecular Hbond substituents is 1. The first-order valence-corrected chi connectivity index (χ1v) is 6.55. The fourth-order valence-electron chi connectivity index (χ4n) is 1.93. The van der Waals surface area contributed by atoms with Crippen LogP contribution in [0.4, 0.5) is 0 Å². The summed E-state index contributed by atoms with van der Waals surface area (Å²) in [5.74, 6) is 1.05. The Labute approximate surface area is 105 Å². The number of phenols is 1. The van der Waals surface area contributed by atoms with Gasteiger partial charge in [-0.3, -0.25) is 0 Å². The van der Waals surface area contributed by atoms with E-state index in [4.69, 9.17) is 9.05 Å². The van der Waals surface area contributed by atoms with E-state index in [1.165, 1.54) is 0 Å². The van der Waals surface area contributed by atoms with Crippen LogP contribution in [-0.2, 0) is 11.0 Å². The van der Waals surface area contributed by atoms with E-state index in [0.717, 1.165) is 5.56 Å². The molecular formula is C13H10O4P+. The van der Waals surface area contributed by atoms with Crippen LogP contribution in [-0.4, -0.2) is 5.11 Å². The number of hydrogen-bond donors (Lipinski definition) is 1. The van der Waals surface area contributed by atoms with Crippen LogP contribution in [0.15, 0.2) is 42.5 Å². The Morgan fingerprint density at radius 1 is 1.00 bits per heavy atom. The summed E-state index contributed by atoms with van der Waals surface area (Å²) in [5.41, 5.74) is 1.49. The topological polar surface area (TPSA) is 55.8 Å². The third-order valence-corrected chi connectivity index (χ3v) is 3.49. The molecule has 0 spiro atoms. The Morgan fingerprint density at radius 3 is 2.61 bits per heavy atom. The van der Waals surface area contributed by atoms with E-state index in [1.807, 2.05) is 12.1 Å². The van der Waals surface area contributed by atoms with Gasteiger partial charge in [0, 0.05) is 22.1 Å². The molecule has 2 aromatic rings. The molecule has 1 heterocycles. The van der Waals surface area contributed by atoms with Gasteiger partial charge in [-0.15, -0.1) is 0 Å². The fraction of sp³-hybridized carbons (Fsp3) is 0.0769. The summed E-state index contributed by atoms with van der Waals surface area (Å²) in [4.78, 5) is 0. The molecule has 0 amide bonds. The molecule has 5 heteroatoms. The molecule has 1 unspecified atom stereocenters. The highest BCUT2D eigenvalue weighted by atomic mass is 31.1. The van der Waals surface area contributed by atoms with Crippen molar-refractivity contribution in [2.75, 3.05) is 0 Å². The van der Waals surface area contributed by atoms with Gasteiger partial charge >= 0.3 is 8.25 Å². The number of fused-ring (bicyclic) bond motifs is 2. The molecule has 0 bridgehead atoms. The molecule has 4 nitrogen and oxygen atoms in total. The number of aromatic hydroxyl groups is 1. The van der Waals surface area contributed by atoms with Crippen molar-refractivity contribution in [2.45, 2.75) is 6.42 Å².